The summed E-state index contributed by atoms with van der Waals surface area (Å²) in [4.78, 5) is 0. The molecule has 2 atom stereocenters. The summed E-state index contributed by atoms with van der Waals surface area (Å²) >= 11 is 0. The van der Waals surface area contributed by atoms with Crippen LogP contribution >= 0.6 is 0 Å². The fourth-order valence-electron chi connectivity index (χ4n) is 1.74. The molecular formula is C12H12N2O2. The first-order chi connectivity index (χ1) is 7.63. The number of hydrogen-bond donors (Lipinski definition) is 2. The molecule has 0 aliphatic heterocycles. The molecule has 2 rings (SSSR count). The average Bonchev–Trinajstić information content (AvgIpc) is 2.68. The first-order valence-corrected chi connectivity index (χ1v) is 4.94. The molecule has 0 fully saturated rings. The molecule has 0 radical (unpaired) electrons. The predicted octanol–water partition coefficient (Wildman–Crippen LogP) is 1.10. The van der Waals surface area contributed by atoms with Gasteiger partial charge < -0.3 is 14.8 Å². The Morgan fingerprint density at radius 2 is 2.06 bits per heavy atom. The lowest BCUT2D eigenvalue weighted by Crippen LogP contribution is -2.15. The molecule has 82 valence electrons. The highest BCUT2D eigenvalue weighted by Gasteiger charge is 2.17. The molecule has 4 nitrogen and oxygen atoms in total. The summed E-state index contributed by atoms with van der Waals surface area (Å²) < 4.78 is 1.96. The quantitative estimate of drug-likeness (QED) is 0.738. The number of benzene rings is 1. The van der Waals surface area contributed by atoms with E-state index in [1.807, 2.05) is 29.9 Å². The molecule has 1 heterocycles. The lowest BCUT2D eigenvalue weighted by molar-refractivity contribution is 0.0529. The second-order valence-corrected chi connectivity index (χ2v) is 3.76. The lowest BCUT2D eigenvalue weighted by atomic mass is 10.0. The van der Waals surface area contributed by atoms with Crippen LogP contribution in [0.2, 0.25) is 0 Å². The number of aryl methyl sites for hydroxylation is 1. The van der Waals surface area contributed by atoms with Crippen molar-refractivity contribution in [3.63, 3.8) is 0 Å². The number of aliphatic hydroxyl groups is 2. The molecule has 0 aliphatic rings. The molecular weight excluding hydrogens is 204 g/mol. The topological polar surface area (TPSA) is 69.2 Å². The zero-order chi connectivity index (χ0) is 11.7. The van der Waals surface area contributed by atoms with Crippen molar-refractivity contribution in [2.24, 2.45) is 7.05 Å². The lowest BCUT2D eigenvalue weighted by Gasteiger charge is -2.12. The SMILES string of the molecule is Cn1ccc2cc(C(O)C(O)C#N)ccc21. The van der Waals surface area contributed by atoms with Gasteiger partial charge in [0.2, 0.25) is 0 Å². The van der Waals surface area contributed by atoms with Crippen LogP contribution in [-0.2, 0) is 7.05 Å². The summed E-state index contributed by atoms with van der Waals surface area (Å²) in [5.74, 6) is 0. The van der Waals surface area contributed by atoms with Crippen molar-refractivity contribution >= 4 is 10.9 Å². The molecule has 0 aliphatic carbocycles. The van der Waals surface area contributed by atoms with Gasteiger partial charge in [-0.05, 0) is 29.1 Å². The standard InChI is InChI=1S/C12H12N2O2/c1-14-5-4-8-6-9(2-3-10(8)14)12(16)11(15)7-13/h2-6,11-12,15-16H,1H3. The molecule has 0 bridgehead atoms. The number of hydrogen-bond acceptors (Lipinski definition) is 3. The highest BCUT2D eigenvalue weighted by molar-refractivity contribution is 5.80. The highest BCUT2D eigenvalue weighted by atomic mass is 16.3. The van der Waals surface area contributed by atoms with E-state index in [0.717, 1.165) is 10.9 Å². The number of fused-ring (bicyclic) bond motifs is 1. The third-order valence-electron chi connectivity index (χ3n) is 2.68. The molecule has 0 saturated carbocycles. The third kappa shape index (κ3) is 1.67. The number of aromatic nitrogens is 1. The Labute approximate surface area is 93.0 Å². The van der Waals surface area contributed by atoms with Gasteiger partial charge in [-0.3, -0.25) is 0 Å². The third-order valence-corrected chi connectivity index (χ3v) is 2.68. The molecule has 1 aromatic carbocycles. The van der Waals surface area contributed by atoms with Gasteiger partial charge >= 0.3 is 0 Å². The normalized spacial score (nSPS) is 14.6. The van der Waals surface area contributed by atoms with Gasteiger partial charge in [-0.2, -0.15) is 5.26 Å². The minimum atomic E-state index is -1.39. The molecule has 0 spiro atoms. The van der Waals surface area contributed by atoms with Crippen LogP contribution in [0.25, 0.3) is 10.9 Å². The highest BCUT2D eigenvalue weighted by Crippen LogP contribution is 2.22. The summed E-state index contributed by atoms with van der Waals surface area (Å²) in [7, 11) is 1.93. The summed E-state index contributed by atoms with van der Waals surface area (Å²) in [6.07, 6.45) is -0.627. The molecule has 2 aromatic rings. The van der Waals surface area contributed by atoms with Crippen LogP contribution in [0.1, 0.15) is 11.7 Å². The maximum atomic E-state index is 9.68. The summed E-state index contributed by atoms with van der Waals surface area (Å²) in [5.41, 5.74) is 1.59. The van der Waals surface area contributed by atoms with E-state index in [0.29, 0.717) is 5.56 Å². The zero-order valence-corrected chi connectivity index (χ0v) is 8.83. The molecule has 0 amide bonds. The van der Waals surface area contributed by atoms with Gasteiger partial charge in [0.15, 0.2) is 6.10 Å². The van der Waals surface area contributed by atoms with E-state index in [4.69, 9.17) is 5.26 Å². The van der Waals surface area contributed by atoms with Crippen LogP contribution in [0.15, 0.2) is 30.5 Å². The van der Waals surface area contributed by atoms with E-state index in [2.05, 4.69) is 0 Å². The Bertz CT molecular complexity index is 554. The van der Waals surface area contributed by atoms with Crippen molar-refractivity contribution in [3.8, 4) is 6.07 Å². The molecule has 0 saturated heterocycles. The van der Waals surface area contributed by atoms with Gasteiger partial charge in [-0.25, -0.2) is 0 Å². The van der Waals surface area contributed by atoms with Crippen LogP contribution in [0, 0.1) is 11.3 Å². The second-order valence-electron chi connectivity index (χ2n) is 3.76. The van der Waals surface area contributed by atoms with Crippen molar-refractivity contribution in [1.82, 2.24) is 4.57 Å². The number of aliphatic hydroxyl groups excluding tert-OH is 2. The summed E-state index contributed by atoms with van der Waals surface area (Å²) in [6.45, 7) is 0. The van der Waals surface area contributed by atoms with Crippen LogP contribution in [0.5, 0.6) is 0 Å². The maximum Gasteiger partial charge on any atom is 0.170 e. The van der Waals surface area contributed by atoms with Gasteiger partial charge in [0.25, 0.3) is 0 Å². The Hall–Kier alpha value is -1.83. The Morgan fingerprint density at radius 3 is 2.75 bits per heavy atom. The summed E-state index contributed by atoms with van der Waals surface area (Å²) in [5, 5.41) is 28.4. The van der Waals surface area contributed by atoms with E-state index in [1.165, 1.54) is 0 Å². The first kappa shape index (κ1) is 10.7. The van der Waals surface area contributed by atoms with Crippen molar-refractivity contribution in [1.29, 1.82) is 5.26 Å². The first-order valence-electron chi connectivity index (χ1n) is 4.94. The monoisotopic (exact) mass is 216 g/mol. The van der Waals surface area contributed by atoms with E-state index < -0.39 is 12.2 Å². The van der Waals surface area contributed by atoms with Crippen LogP contribution in [0.4, 0.5) is 0 Å². The molecule has 16 heavy (non-hydrogen) atoms. The summed E-state index contributed by atoms with van der Waals surface area (Å²) in [6, 6.07) is 8.89. The van der Waals surface area contributed by atoms with E-state index in [1.54, 1.807) is 18.2 Å². The Morgan fingerprint density at radius 1 is 1.31 bits per heavy atom. The molecule has 1 aromatic heterocycles. The smallest absolute Gasteiger partial charge is 0.170 e. The van der Waals surface area contributed by atoms with Gasteiger partial charge in [-0.1, -0.05) is 6.07 Å². The Balaban J connectivity index is 2.44. The van der Waals surface area contributed by atoms with E-state index in [-0.39, 0.29) is 0 Å². The molecule has 2 unspecified atom stereocenters. The maximum absolute atomic E-state index is 9.68. The van der Waals surface area contributed by atoms with Crippen molar-refractivity contribution in [2.45, 2.75) is 12.2 Å². The van der Waals surface area contributed by atoms with Crippen molar-refractivity contribution < 1.29 is 10.2 Å². The largest absolute Gasteiger partial charge is 0.385 e. The van der Waals surface area contributed by atoms with E-state index in [9.17, 15) is 10.2 Å². The van der Waals surface area contributed by atoms with Crippen molar-refractivity contribution in [2.75, 3.05) is 0 Å². The average molecular weight is 216 g/mol. The fraction of sp³-hybridized carbons (Fsp3) is 0.250. The van der Waals surface area contributed by atoms with Crippen LogP contribution in [-0.4, -0.2) is 20.9 Å². The predicted molar refractivity (Wildman–Crippen MR) is 59.5 cm³/mol. The van der Waals surface area contributed by atoms with E-state index >= 15 is 0 Å². The minimum Gasteiger partial charge on any atom is -0.385 e. The van der Waals surface area contributed by atoms with Gasteiger partial charge in [0, 0.05) is 18.8 Å². The molecule has 2 N–H and O–H groups in total. The zero-order valence-electron chi connectivity index (χ0n) is 8.83. The number of rotatable bonds is 2. The van der Waals surface area contributed by atoms with Gasteiger partial charge in [0.1, 0.15) is 6.10 Å². The van der Waals surface area contributed by atoms with Crippen LogP contribution in [0.3, 0.4) is 0 Å². The second kappa shape index (κ2) is 3.97. The van der Waals surface area contributed by atoms with Gasteiger partial charge in [-0.15, -0.1) is 0 Å². The Kier molecular flexibility index (Phi) is 2.65. The van der Waals surface area contributed by atoms with Gasteiger partial charge in [0.05, 0.1) is 6.07 Å². The van der Waals surface area contributed by atoms with Crippen LogP contribution < -0.4 is 0 Å². The number of nitrogens with zero attached hydrogens (tertiary/aromatic N) is 2. The fourth-order valence-corrected chi connectivity index (χ4v) is 1.74. The molecule has 4 heteroatoms. The van der Waals surface area contributed by atoms with Crippen molar-refractivity contribution in [3.05, 3.63) is 36.0 Å². The minimum absolute atomic E-state index is 0.549. The number of nitriles is 1.